The van der Waals surface area contributed by atoms with Gasteiger partial charge in [-0.25, -0.2) is 4.79 Å². The summed E-state index contributed by atoms with van der Waals surface area (Å²) >= 11 is 0. The molecule has 12 unspecified atom stereocenters. The van der Waals surface area contributed by atoms with Gasteiger partial charge in [0.25, 0.3) is 0 Å². The van der Waals surface area contributed by atoms with Crippen LogP contribution in [0.15, 0.2) is 12.2 Å². The van der Waals surface area contributed by atoms with E-state index in [1.807, 2.05) is 0 Å². The average Bonchev–Trinajstić information content (AvgIpc) is 3.15. The lowest BCUT2D eigenvalue weighted by atomic mass is 9.72. The highest BCUT2D eigenvalue weighted by Gasteiger charge is 2.56. The summed E-state index contributed by atoms with van der Waals surface area (Å²) < 4.78 is 34.5. The van der Waals surface area contributed by atoms with E-state index in [0.29, 0.717) is 25.7 Å². The highest BCUT2D eigenvalue weighted by Crippen LogP contribution is 2.42. The zero-order valence-electron chi connectivity index (χ0n) is 30.4. The van der Waals surface area contributed by atoms with Gasteiger partial charge in [-0.05, 0) is 50.9 Å². The number of rotatable bonds is 10. The van der Waals surface area contributed by atoms with Crippen LogP contribution in [0.2, 0.25) is 0 Å². The fourth-order valence-corrected chi connectivity index (χ4v) is 9.07. The van der Waals surface area contributed by atoms with Crippen molar-refractivity contribution in [1.29, 1.82) is 0 Å². The van der Waals surface area contributed by atoms with Crippen molar-refractivity contribution < 1.29 is 94.5 Å². The fraction of sp³-hybridized carbons (Fsp3) is 0.917. The maximum Gasteiger partial charge on any atom is 0.330 e. The zero-order valence-corrected chi connectivity index (χ0v) is 30.4. The number of hydrogen-bond donors (Lipinski definition) is 12. The van der Waals surface area contributed by atoms with E-state index < -0.39 is 141 Å². The summed E-state index contributed by atoms with van der Waals surface area (Å²) in [6.07, 6.45) is -19.0. The molecule has 0 aromatic heterocycles. The molecule has 0 amide bonds. The smallest absolute Gasteiger partial charge is 0.330 e. The maximum atomic E-state index is 12.7. The summed E-state index contributed by atoms with van der Waals surface area (Å²) in [6.45, 7) is -1.35. The lowest BCUT2D eigenvalue weighted by Crippen LogP contribution is -2.66. The Labute approximate surface area is 317 Å². The van der Waals surface area contributed by atoms with Crippen molar-refractivity contribution in [3.05, 3.63) is 12.2 Å². The van der Waals surface area contributed by atoms with E-state index in [9.17, 15) is 66.1 Å². The van der Waals surface area contributed by atoms with E-state index in [1.165, 1.54) is 0 Å². The predicted octanol–water partition coefficient (Wildman–Crippen LogP) is -5.05. The Morgan fingerprint density at radius 3 is 2.02 bits per heavy atom. The first kappa shape index (κ1) is 43.1. The molecular formula is C36H59O19+. The maximum absolute atomic E-state index is 12.7. The Kier molecular flexibility index (Phi) is 14.6. The highest BCUT2D eigenvalue weighted by atomic mass is 16.8. The van der Waals surface area contributed by atoms with Crippen LogP contribution < -0.4 is 0 Å². The van der Waals surface area contributed by atoms with Crippen molar-refractivity contribution in [3.8, 4) is 0 Å². The van der Waals surface area contributed by atoms with Gasteiger partial charge in [-0.2, -0.15) is 0 Å². The van der Waals surface area contributed by atoms with E-state index >= 15 is 0 Å². The van der Waals surface area contributed by atoms with E-state index in [2.05, 4.69) is 0 Å². The number of aliphatic hydroxyl groups is 14. The second-order valence-corrected chi connectivity index (χ2v) is 16.2. The first-order valence-corrected chi connectivity index (χ1v) is 19.4. The van der Waals surface area contributed by atoms with Crippen LogP contribution >= 0.6 is 0 Å². The van der Waals surface area contributed by atoms with Crippen LogP contribution in [0.1, 0.15) is 57.8 Å². The van der Waals surface area contributed by atoms with Gasteiger partial charge < -0.3 is 89.7 Å². The summed E-state index contributed by atoms with van der Waals surface area (Å²) in [4.78, 5) is 12.7. The first-order chi connectivity index (χ1) is 26.1. The summed E-state index contributed by atoms with van der Waals surface area (Å²) in [6, 6.07) is 0. The van der Waals surface area contributed by atoms with Crippen LogP contribution in [0, 0.1) is 17.8 Å². The molecular weight excluding hydrogens is 736 g/mol. The van der Waals surface area contributed by atoms with Crippen LogP contribution in [0.5, 0.6) is 0 Å². The number of carbonyl (C=O) groups excluding carboxylic acids is 1. The molecule has 6 rings (SSSR count). The van der Waals surface area contributed by atoms with Crippen molar-refractivity contribution in [2.45, 2.75) is 174 Å². The van der Waals surface area contributed by atoms with Gasteiger partial charge in [-0.1, -0.05) is 6.08 Å². The molecule has 6 aliphatic rings. The number of aliphatic hydroxyl groups excluding tert-OH is 12. The Balaban J connectivity index is 1.22. The Bertz CT molecular complexity index is 1270. The lowest BCUT2D eigenvalue weighted by Gasteiger charge is -2.49. The summed E-state index contributed by atoms with van der Waals surface area (Å²) in [5.74, 6) is -1.77. The summed E-state index contributed by atoms with van der Waals surface area (Å²) in [5.41, 5.74) is 0. The molecule has 0 bridgehead atoms. The van der Waals surface area contributed by atoms with Gasteiger partial charge in [-0.15, -0.1) is 0 Å². The number of hydrogen-bond acceptors (Lipinski definition) is 18. The van der Waals surface area contributed by atoms with Gasteiger partial charge in [-0.3, -0.25) is 0 Å². The third-order valence-electron chi connectivity index (χ3n) is 12.4. The van der Waals surface area contributed by atoms with Gasteiger partial charge in [0.05, 0.1) is 49.1 Å². The van der Waals surface area contributed by atoms with Crippen molar-refractivity contribution in [2.24, 2.45) is 17.8 Å². The van der Waals surface area contributed by atoms with Crippen LogP contribution in [0.4, 0.5) is 0 Å². The van der Waals surface area contributed by atoms with Crippen molar-refractivity contribution >= 4 is 5.97 Å². The number of carbonyl (C=O) groups is 1. The molecule has 3 saturated heterocycles. The first-order valence-electron chi connectivity index (χ1n) is 19.4. The molecule has 0 spiro atoms. The van der Waals surface area contributed by atoms with Crippen molar-refractivity contribution in [2.75, 3.05) is 13.2 Å². The SMILES string of the molecule is O=C(C=CC1CCC(O)C(O)C1)OC[C@H]1O[C@@H](OC2CC3C(O)CC(O)CC3[OH+]C2C2CCC(O)C(O)C2)[C@H](O[C@@H]2O[C@H](CO)[C@@H](O)[C@H](O)[C@H]2O)[C@@H](O)[C@@H]1O. The Hall–Kier alpha value is -1.47. The molecule has 13 N–H and O–H groups in total. The van der Waals surface area contributed by atoms with E-state index in [1.54, 1.807) is 6.08 Å². The molecule has 55 heavy (non-hydrogen) atoms. The molecule has 22 atom stereocenters. The molecule has 6 fully saturated rings. The molecule has 3 heterocycles. The number of allylic oxidation sites excluding steroid dienone is 1. The Morgan fingerprint density at radius 2 is 1.33 bits per heavy atom. The second kappa shape index (κ2) is 18.6. The normalized spacial score (nSPS) is 51.1. The van der Waals surface area contributed by atoms with Crippen LogP contribution in [-0.2, 0) is 28.5 Å². The van der Waals surface area contributed by atoms with Crippen LogP contribution in [0.25, 0.3) is 0 Å². The molecule has 3 saturated carbocycles. The topological polar surface area (TPSA) is 319 Å². The van der Waals surface area contributed by atoms with Gasteiger partial charge in [0.2, 0.25) is 0 Å². The van der Waals surface area contributed by atoms with E-state index in [0.717, 1.165) is 6.08 Å². The predicted molar refractivity (Wildman–Crippen MR) is 182 cm³/mol. The van der Waals surface area contributed by atoms with Gasteiger partial charge in [0.1, 0.15) is 61.5 Å². The molecule has 0 radical (unpaired) electrons. The Morgan fingerprint density at radius 1 is 0.655 bits per heavy atom. The van der Waals surface area contributed by atoms with Gasteiger partial charge in [0.15, 0.2) is 24.8 Å². The third kappa shape index (κ3) is 9.88. The monoisotopic (exact) mass is 795 g/mol. The third-order valence-corrected chi connectivity index (χ3v) is 12.4. The molecule has 19 nitrogen and oxygen atoms in total. The molecule has 3 aliphatic heterocycles. The number of ether oxygens (including phenoxy) is 6. The average molecular weight is 796 g/mol. The zero-order chi connectivity index (χ0) is 39.7. The summed E-state index contributed by atoms with van der Waals surface area (Å²) in [7, 11) is 0. The van der Waals surface area contributed by atoms with Gasteiger partial charge >= 0.3 is 5.97 Å². The van der Waals surface area contributed by atoms with Crippen LogP contribution in [-0.4, -0.2) is 202 Å². The molecule has 0 aromatic rings. The van der Waals surface area contributed by atoms with E-state index in [-0.39, 0.29) is 43.9 Å². The number of esters is 1. The summed E-state index contributed by atoms with van der Waals surface area (Å²) in [5, 5.41) is 126. The van der Waals surface area contributed by atoms with Crippen molar-refractivity contribution in [3.63, 3.8) is 0 Å². The minimum Gasteiger partial charge on any atom is -0.460 e. The molecule has 3 aliphatic carbocycles. The van der Waals surface area contributed by atoms with Gasteiger partial charge in [0, 0.05) is 24.8 Å². The van der Waals surface area contributed by atoms with Crippen LogP contribution in [0.3, 0.4) is 0 Å². The second-order valence-electron chi connectivity index (χ2n) is 16.2. The minimum absolute atomic E-state index is 0.112. The highest BCUT2D eigenvalue weighted by molar-refractivity contribution is 5.81. The largest absolute Gasteiger partial charge is 0.460 e. The molecule has 0 aromatic carbocycles. The lowest BCUT2D eigenvalue weighted by molar-refractivity contribution is -0.387. The minimum atomic E-state index is -1.89. The number of fused-ring (bicyclic) bond motifs is 1. The van der Waals surface area contributed by atoms with E-state index in [4.69, 9.17) is 28.4 Å². The standard InChI is InChI=1S/C36H58O19/c37-12-25-28(45)30(47)32(49)35(53-25)55-34-31(48)29(46)26(13-50-27(44)6-2-14-1-4-18(39)21(42)7-14)54-36(34)52-24-11-17-20(41)9-16(38)10-23(17)51-33(24)15-3-5-19(40)22(43)8-15/h2,6,14-26,28-43,45-49H,1,3-5,7-13H2/p+1/t14?,15?,16?,17?,18?,19?,20?,21?,22?,23?,24?,25-,26-,28-,29-,30+,31+,32-,33?,34-,35+,36-/m1/s1. The van der Waals surface area contributed by atoms with Crippen molar-refractivity contribution in [1.82, 2.24) is 0 Å². The fourth-order valence-electron chi connectivity index (χ4n) is 9.07. The molecule has 19 heteroatoms. The quantitative estimate of drug-likeness (QED) is 0.0559. The molecule has 316 valence electrons.